The van der Waals surface area contributed by atoms with Gasteiger partial charge in [-0.3, -0.25) is 0 Å². The summed E-state index contributed by atoms with van der Waals surface area (Å²) < 4.78 is 7.01. The minimum atomic E-state index is -0.552. The second-order valence-electron chi connectivity index (χ2n) is 6.58. The number of hydrogen-bond donors (Lipinski definition) is 0. The maximum Gasteiger partial charge on any atom is 0.421 e. The van der Waals surface area contributed by atoms with Crippen molar-refractivity contribution in [2.75, 3.05) is 0 Å². The van der Waals surface area contributed by atoms with Crippen molar-refractivity contribution in [3.63, 3.8) is 0 Å². The number of carbonyl (C=O) groups excluding carboxylic acids is 1. The van der Waals surface area contributed by atoms with Crippen molar-refractivity contribution < 1.29 is 9.53 Å². The molecule has 0 unspecified atom stereocenters. The first-order valence-electron chi connectivity index (χ1n) is 8.09. The topological polar surface area (TPSA) is 57.0 Å². The van der Waals surface area contributed by atoms with E-state index in [2.05, 4.69) is 16.5 Å². The maximum absolute atomic E-state index is 12.5. The van der Waals surface area contributed by atoms with Gasteiger partial charge in [-0.15, -0.1) is 6.58 Å². The summed E-state index contributed by atoms with van der Waals surface area (Å²) in [6.45, 7) is 9.29. The number of rotatable bonds is 6. The molecule has 0 atom stereocenters. The van der Waals surface area contributed by atoms with Crippen molar-refractivity contribution in [3.05, 3.63) is 36.8 Å². The largest absolute Gasteiger partial charge is 0.443 e. The van der Waals surface area contributed by atoms with Crippen molar-refractivity contribution in [2.24, 2.45) is 0 Å². The van der Waals surface area contributed by atoms with Crippen LogP contribution >= 0.6 is 0 Å². The molecule has 2 aromatic rings. The number of imidazole rings is 1. The molecule has 0 aromatic carbocycles. The van der Waals surface area contributed by atoms with Crippen molar-refractivity contribution in [1.29, 1.82) is 0 Å². The molecule has 0 radical (unpaired) electrons. The van der Waals surface area contributed by atoms with Crippen LogP contribution in [0.15, 0.2) is 31.0 Å². The molecule has 5 heteroatoms. The van der Waals surface area contributed by atoms with Crippen LogP contribution in [-0.2, 0) is 11.2 Å². The van der Waals surface area contributed by atoms with Crippen molar-refractivity contribution in [3.8, 4) is 0 Å². The average molecular weight is 315 g/mol. The Bertz CT molecular complexity index is 683. The van der Waals surface area contributed by atoms with E-state index in [4.69, 9.17) is 4.74 Å². The fourth-order valence-corrected chi connectivity index (χ4v) is 2.38. The number of carbonyl (C=O) groups is 1. The lowest BCUT2D eigenvalue weighted by atomic mass is 10.1. The first kappa shape index (κ1) is 17.2. The summed E-state index contributed by atoms with van der Waals surface area (Å²) in [5, 5.41) is 0. The van der Waals surface area contributed by atoms with Crippen LogP contribution in [0.4, 0.5) is 4.79 Å². The summed E-state index contributed by atoms with van der Waals surface area (Å²) in [5.74, 6) is 0.714. The standard InChI is InChI=1S/C18H25N3O2/c1-5-6-7-8-9-12-15-20-14-11-10-13-19-16(14)21(15)17(22)23-18(2,3)4/h5,10-11,13H,1,6-9,12H2,2-4H3. The van der Waals surface area contributed by atoms with Gasteiger partial charge in [-0.05, 0) is 52.2 Å². The van der Waals surface area contributed by atoms with Crippen LogP contribution in [0.25, 0.3) is 11.2 Å². The Morgan fingerprint density at radius 3 is 2.83 bits per heavy atom. The number of unbranched alkanes of at least 4 members (excludes halogenated alkanes) is 3. The molecule has 2 rings (SSSR count). The van der Waals surface area contributed by atoms with E-state index in [1.54, 1.807) is 6.20 Å². The van der Waals surface area contributed by atoms with Crippen LogP contribution in [0.5, 0.6) is 0 Å². The van der Waals surface area contributed by atoms with Gasteiger partial charge in [0.05, 0.1) is 0 Å². The van der Waals surface area contributed by atoms with Gasteiger partial charge in [-0.25, -0.2) is 19.3 Å². The van der Waals surface area contributed by atoms with Crippen LogP contribution in [0.1, 0.15) is 52.3 Å². The van der Waals surface area contributed by atoms with Crippen molar-refractivity contribution >= 4 is 17.3 Å². The van der Waals surface area contributed by atoms with Gasteiger partial charge in [0.2, 0.25) is 0 Å². The van der Waals surface area contributed by atoms with Gasteiger partial charge in [0.25, 0.3) is 0 Å². The second-order valence-corrected chi connectivity index (χ2v) is 6.58. The van der Waals surface area contributed by atoms with E-state index in [1.807, 2.05) is 39.0 Å². The zero-order chi connectivity index (χ0) is 16.9. The van der Waals surface area contributed by atoms with Gasteiger partial charge in [0.1, 0.15) is 16.9 Å². The first-order valence-corrected chi connectivity index (χ1v) is 8.09. The number of nitrogens with zero attached hydrogens (tertiary/aromatic N) is 3. The molecule has 0 aliphatic carbocycles. The van der Waals surface area contributed by atoms with Gasteiger partial charge in [0, 0.05) is 12.6 Å². The van der Waals surface area contributed by atoms with Gasteiger partial charge >= 0.3 is 6.09 Å². The molecule has 0 fully saturated rings. The van der Waals surface area contributed by atoms with Crippen LogP contribution in [0, 0.1) is 0 Å². The smallest absolute Gasteiger partial charge is 0.421 e. The summed E-state index contributed by atoms with van der Waals surface area (Å²) >= 11 is 0. The zero-order valence-electron chi connectivity index (χ0n) is 14.2. The summed E-state index contributed by atoms with van der Waals surface area (Å²) in [6.07, 6.45) is 8.08. The van der Waals surface area contributed by atoms with Gasteiger partial charge < -0.3 is 4.74 Å². The van der Waals surface area contributed by atoms with Gasteiger partial charge in [-0.1, -0.05) is 12.5 Å². The molecule has 0 aliphatic rings. The Hall–Kier alpha value is -2.17. The van der Waals surface area contributed by atoms with E-state index in [-0.39, 0.29) is 0 Å². The molecule has 0 bridgehead atoms. The highest BCUT2D eigenvalue weighted by molar-refractivity contribution is 5.85. The lowest BCUT2D eigenvalue weighted by Crippen LogP contribution is -2.28. The van der Waals surface area contributed by atoms with Crippen LogP contribution in [-0.4, -0.2) is 26.2 Å². The third-order valence-electron chi connectivity index (χ3n) is 3.37. The molecular weight excluding hydrogens is 290 g/mol. The van der Waals surface area contributed by atoms with Crippen molar-refractivity contribution in [2.45, 2.75) is 58.5 Å². The second kappa shape index (κ2) is 7.40. The minimum absolute atomic E-state index is 0.417. The van der Waals surface area contributed by atoms with E-state index in [9.17, 15) is 4.79 Å². The third kappa shape index (κ3) is 4.65. The quantitative estimate of drug-likeness (QED) is 0.581. The lowest BCUT2D eigenvalue weighted by Gasteiger charge is -2.20. The number of aryl methyl sites for hydroxylation is 1. The summed E-state index contributed by atoms with van der Waals surface area (Å²) in [7, 11) is 0. The van der Waals surface area contributed by atoms with Crippen LogP contribution in [0.2, 0.25) is 0 Å². The highest BCUT2D eigenvalue weighted by Gasteiger charge is 2.23. The predicted molar refractivity (Wildman–Crippen MR) is 91.5 cm³/mol. The Labute approximate surface area is 137 Å². The van der Waals surface area contributed by atoms with E-state index < -0.39 is 11.7 Å². The molecule has 0 saturated carbocycles. The molecule has 5 nitrogen and oxygen atoms in total. The van der Waals surface area contributed by atoms with E-state index in [0.717, 1.165) is 37.6 Å². The number of aromatic nitrogens is 3. The number of fused-ring (bicyclic) bond motifs is 1. The molecule has 0 saturated heterocycles. The van der Waals surface area contributed by atoms with Crippen molar-refractivity contribution in [1.82, 2.24) is 14.5 Å². The highest BCUT2D eigenvalue weighted by atomic mass is 16.6. The number of allylic oxidation sites excluding steroid dienone is 1. The number of ether oxygens (including phenoxy) is 1. The molecule has 23 heavy (non-hydrogen) atoms. The Morgan fingerprint density at radius 1 is 1.35 bits per heavy atom. The first-order chi connectivity index (χ1) is 10.9. The van der Waals surface area contributed by atoms with E-state index in [1.165, 1.54) is 4.57 Å². The summed E-state index contributed by atoms with van der Waals surface area (Å²) in [5.41, 5.74) is 0.728. The fourth-order valence-electron chi connectivity index (χ4n) is 2.38. The van der Waals surface area contributed by atoms with Crippen LogP contribution < -0.4 is 0 Å². The molecule has 0 amide bonds. The summed E-state index contributed by atoms with van der Waals surface area (Å²) in [6, 6.07) is 3.69. The Kier molecular flexibility index (Phi) is 5.53. The van der Waals surface area contributed by atoms with E-state index >= 15 is 0 Å². The molecule has 0 aliphatic heterocycles. The van der Waals surface area contributed by atoms with E-state index in [0.29, 0.717) is 11.5 Å². The van der Waals surface area contributed by atoms with Crippen LogP contribution in [0.3, 0.4) is 0 Å². The molecule has 0 spiro atoms. The number of hydrogen-bond acceptors (Lipinski definition) is 4. The SMILES string of the molecule is C=CCCCCCc1nc2cccnc2n1C(=O)OC(C)(C)C. The maximum atomic E-state index is 12.5. The highest BCUT2D eigenvalue weighted by Crippen LogP contribution is 2.18. The molecule has 2 aromatic heterocycles. The molecular formula is C18H25N3O2. The normalized spacial score (nSPS) is 11.6. The monoisotopic (exact) mass is 315 g/mol. The molecule has 2 heterocycles. The molecule has 124 valence electrons. The Balaban J connectivity index is 2.23. The zero-order valence-corrected chi connectivity index (χ0v) is 14.2. The molecule has 0 N–H and O–H groups in total. The Morgan fingerprint density at radius 2 is 2.13 bits per heavy atom. The minimum Gasteiger partial charge on any atom is -0.443 e. The number of pyridine rings is 1. The van der Waals surface area contributed by atoms with Gasteiger partial charge in [-0.2, -0.15) is 0 Å². The predicted octanol–water partition coefficient (Wildman–Crippen LogP) is 4.50. The third-order valence-corrected chi connectivity index (χ3v) is 3.37. The fraction of sp³-hybridized carbons (Fsp3) is 0.500. The summed E-state index contributed by atoms with van der Waals surface area (Å²) in [4.78, 5) is 21.4. The lowest BCUT2D eigenvalue weighted by molar-refractivity contribution is 0.0538. The average Bonchev–Trinajstić information content (AvgIpc) is 2.83. The van der Waals surface area contributed by atoms with Gasteiger partial charge in [0.15, 0.2) is 5.65 Å².